The quantitative estimate of drug-likeness (QED) is 0.696. The molecule has 5 nitrogen and oxygen atoms in total. The third-order valence-corrected chi connectivity index (χ3v) is 2.02. The summed E-state index contributed by atoms with van der Waals surface area (Å²) >= 11 is 0. The van der Waals surface area contributed by atoms with Crippen LogP contribution in [0.1, 0.15) is 31.1 Å². The molecular weight excluding hydrogens is 182 g/mol. The molecule has 0 fully saturated rings. The van der Waals surface area contributed by atoms with Crippen molar-refractivity contribution in [2.75, 3.05) is 0 Å². The van der Waals surface area contributed by atoms with Crippen molar-refractivity contribution in [3.05, 3.63) is 32.1 Å². The zero-order valence-electron chi connectivity index (χ0n) is 8.29. The predicted octanol–water partition coefficient (Wildman–Crippen LogP) is 0.298. The highest BCUT2D eigenvalue weighted by atomic mass is 16.2. The molecule has 0 radical (unpaired) electrons. The van der Waals surface area contributed by atoms with Crippen molar-refractivity contribution in [3.8, 4) is 6.07 Å². The van der Waals surface area contributed by atoms with Crippen molar-refractivity contribution in [1.29, 1.82) is 5.26 Å². The van der Waals surface area contributed by atoms with E-state index in [0.29, 0.717) is 5.69 Å². The van der Waals surface area contributed by atoms with Gasteiger partial charge in [0.25, 0.3) is 5.56 Å². The third-order valence-electron chi connectivity index (χ3n) is 2.02. The fourth-order valence-electron chi connectivity index (χ4n) is 1.41. The lowest BCUT2D eigenvalue weighted by atomic mass is 10.2. The molecule has 1 aromatic rings. The van der Waals surface area contributed by atoms with Crippen molar-refractivity contribution < 1.29 is 0 Å². The normalized spacial score (nSPS) is 10.2. The Labute approximate surface area is 80.6 Å². The molecule has 74 valence electrons. The van der Waals surface area contributed by atoms with Crippen LogP contribution < -0.4 is 11.2 Å². The average Bonchev–Trinajstić information content (AvgIpc) is 2.02. The molecule has 0 aliphatic heterocycles. The summed E-state index contributed by atoms with van der Waals surface area (Å²) in [5.41, 5.74) is -0.678. The molecule has 0 aliphatic carbocycles. The van der Waals surface area contributed by atoms with Crippen LogP contribution in [0.5, 0.6) is 0 Å². The number of nitrogens with one attached hydrogen (secondary N) is 1. The van der Waals surface area contributed by atoms with Crippen LogP contribution in [0.15, 0.2) is 9.59 Å². The van der Waals surface area contributed by atoms with E-state index < -0.39 is 11.2 Å². The molecular formula is C9H11N3O2. The lowest BCUT2D eigenvalue weighted by Gasteiger charge is -2.12. The first-order valence-corrected chi connectivity index (χ1v) is 4.24. The second kappa shape index (κ2) is 3.50. The summed E-state index contributed by atoms with van der Waals surface area (Å²) in [7, 11) is 0. The maximum absolute atomic E-state index is 11.4. The van der Waals surface area contributed by atoms with Crippen LogP contribution in [0, 0.1) is 18.3 Å². The van der Waals surface area contributed by atoms with E-state index in [9.17, 15) is 9.59 Å². The summed E-state index contributed by atoms with van der Waals surface area (Å²) in [6.45, 7) is 5.22. The van der Waals surface area contributed by atoms with Gasteiger partial charge in [0.15, 0.2) is 0 Å². The van der Waals surface area contributed by atoms with E-state index in [1.165, 1.54) is 4.57 Å². The maximum Gasteiger partial charge on any atom is 0.328 e. The van der Waals surface area contributed by atoms with Crippen LogP contribution in [0.25, 0.3) is 0 Å². The average molecular weight is 193 g/mol. The number of hydrogen-bond donors (Lipinski definition) is 1. The predicted molar refractivity (Wildman–Crippen MR) is 51.2 cm³/mol. The Morgan fingerprint density at radius 2 is 2.00 bits per heavy atom. The first-order valence-electron chi connectivity index (χ1n) is 4.24. The highest BCUT2D eigenvalue weighted by Crippen LogP contribution is 2.05. The Bertz CT molecular complexity index is 502. The monoisotopic (exact) mass is 193 g/mol. The standard InChI is InChI=1S/C9H11N3O2/c1-5(2)12-6(3)7(4-10)8(13)11-9(12)14/h5H,1-3H3,(H,11,13,14). The summed E-state index contributed by atoms with van der Waals surface area (Å²) < 4.78 is 1.39. The maximum atomic E-state index is 11.4. The van der Waals surface area contributed by atoms with Gasteiger partial charge in [-0.1, -0.05) is 0 Å². The highest BCUT2D eigenvalue weighted by Gasteiger charge is 2.12. The molecule has 0 amide bonds. The van der Waals surface area contributed by atoms with E-state index in [1.807, 2.05) is 13.8 Å². The lowest BCUT2D eigenvalue weighted by Crippen LogP contribution is -2.34. The summed E-state index contributed by atoms with van der Waals surface area (Å²) in [5.74, 6) is 0. The topological polar surface area (TPSA) is 78.7 Å². The molecule has 0 saturated carbocycles. The Kier molecular flexibility index (Phi) is 2.56. The highest BCUT2D eigenvalue weighted by molar-refractivity contribution is 5.30. The zero-order chi connectivity index (χ0) is 10.9. The van der Waals surface area contributed by atoms with Crippen LogP contribution in [0.2, 0.25) is 0 Å². The van der Waals surface area contributed by atoms with Gasteiger partial charge >= 0.3 is 5.69 Å². The molecule has 0 saturated heterocycles. The molecule has 0 spiro atoms. The van der Waals surface area contributed by atoms with Crippen LogP contribution in [0.4, 0.5) is 0 Å². The summed E-state index contributed by atoms with van der Waals surface area (Å²) in [5, 5.41) is 8.71. The van der Waals surface area contributed by atoms with Gasteiger partial charge in [-0.05, 0) is 20.8 Å². The van der Waals surface area contributed by atoms with Gasteiger partial charge in [0.2, 0.25) is 0 Å². The Morgan fingerprint density at radius 1 is 1.43 bits per heavy atom. The molecule has 5 heteroatoms. The molecule has 1 rings (SSSR count). The summed E-state index contributed by atoms with van der Waals surface area (Å²) in [6, 6.07) is 1.71. The second-order valence-corrected chi connectivity index (χ2v) is 3.30. The molecule has 0 aliphatic rings. The summed E-state index contributed by atoms with van der Waals surface area (Å²) in [6.07, 6.45) is 0. The molecule has 14 heavy (non-hydrogen) atoms. The minimum Gasteiger partial charge on any atom is -0.294 e. The number of nitriles is 1. The molecule has 0 bridgehead atoms. The Morgan fingerprint density at radius 3 is 2.43 bits per heavy atom. The molecule has 1 N–H and O–H groups in total. The van der Waals surface area contributed by atoms with Gasteiger partial charge in [0.1, 0.15) is 11.6 Å². The number of rotatable bonds is 1. The SMILES string of the molecule is Cc1c(C#N)c(=O)[nH]c(=O)n1C(C)C. The fraction of sp³-hybridized carbons (Fsp3) is 0.444. The molecule has 0 atom stereocenters. The van der Waals surface area contributed by atoms with Gasteiger partial charge < -0.3 is 0 Å². The minimum absolute atomic E-state index is 0.00157. The van der Waals surface area contributed by atoms with Gasteiger partial charge in [-0.25, -0.2) is 4.79 Å². The van der Waals surface area contributed by atoms with Gasteiger partial charge in [-0.15, -0.1) is 0 Å². The number of nitrogens with zero attached hydrogens (tertiary/aromatic N) is 2. The molecule has 0 unspecified atom stereocenters. The number of hydrogen-bond acceptors (Lipinski definition) is 3. The van der Waals surface area contributed by atoms with Gasteiger partial charge in [-0.2, -0.15) is 5.26 Å². The minimum atomic E-state index is -0.619. The van der Waals surface area contributed by atoms with Crippen LogP contribution in [0.3, 0.4) is 0 Å². The van der Waals surface area contributed by atoms with E-state index in [0.717, 1.165) is 0 Å². The largest absolute Gasteiger partial charge is 0.328 e. The van der Waals surface area contributed by atoms with E-state index in [-0.39, 0.29) is 11.6 Å². The number of aromatic nitrogens is 2. The number of aromatic amines is 1. The van der Waals surface area contributed by atoms with Crippen molar-refractivity contribution in [2.45, 2.75) is 26.8 Å². The van der Waals surface area contributed by atoms with Crippen LogP contribution in [-0.4, -0.2) is 9.55 Å². The van der Waals surface area contributed by atoms with Gasteiger partial charge in [0, 0.05) is 11.7 Å². The lowest BCUT2D eigenvalue weighted by molar-refractivity contribution is 0.544. The van der Waals surface area contributed by atoms with E-state index in [4.69, 9.17) is 5.26 Å². The fourth-order valence-corrected chi connectivity index (χ4v) is 1.41. The van der Waals surface area contributed by atoms with Crippen LogP contribution in [-0.2, 0) is 0 Å². The van der Waals surface area contributed by atoms with Crippen molar-refractivity contribution in [2.24, 2.45) is 0 Å². The third kappa shape index (κ3) is 1.46. The van der Waals surface area contributed by atoms with Crippen LogP contribution >= 0.6 is 0 Å². The second-order valence-electron chi connectivity index (χ2n) is 3.30. The molecule has 0 aromatic carbocycles. The molecule has 1 heterocycles. The van der Waals surface area contributed by atoms with Crippen molar-refractivity contribution >= 4 is 0 Å². The smallest absolute Gasteiger partial charge is 0.294 e. The van der Waals surface area contributed by atoms with Gasteiger partial charge in [0.05, 0.1) is 0 Å². The Balaban J connectivity index is 3.72. The molecule has 1 aromatic heterocycles. The Hall–Kier alpha value is -1.83. The van der Waals surface area contributed by atoms with Gasteiger partial charge in [-0.3, -0.25) is 14.3 Å². The van der Waals surface area contributed by atoms with E-state index >= 15 is 0 Å². The zero-order valence-corrected chi connectivity index (χ0v) is 8.29. The number of H-pyrrole nitrogens is 1. The van der Waals surface area contributed by atoms with Crippen molar-refractivity contribution in [1.82, 2.24) is 9.55 Å². The van der Waals surface area contributed by atoms with Crippen molar-refractivity contribution in [3.63, 3.8) is 0 Å². The van der Waals surface area contributed by atoms with E-state index in [2.05, 4.69) is 4.98 Å². The first kappa shape index (κ1) is 10.3. The summed E-state index contributed by atoms with van der Waals surface area (Å²) in [4.78, 5) is 24.7. The first-order chi connectivity index (χ1) is 6.49. The van der Waals surface area contributed by atoms with E-state index in [1.54, 1.807) is 13.0 Å².